The number of aryl methyl sites for hydroxylation is 3. The van der Waals surface area contributed by atoms with Gasteiger partial charge in [0.2, 0.25) is 38.0 Å². The van der Waals surface area contributed by atoms with Crippen molar-refractivity contribution in [1.29, 1.82) is 0 Å². The molecule has 0 aliphatic heterocycles. The summed E-state index contributed by atoms with van der Waals surface area (Å²) < 4.78 is 82.9. The highest BCUT2D eigenvalue weighted by molar-refractivity contribution is 7.94. The number of esters is 6. The monoisotopic (exact) mass is 1730 g/mol. The third-order valence-corrected chi connectivity index (χ3v) is 30.2. The van der Waals surface area contributed by atoms with Crippen LogP contribution in [0, 0.1) is 20.8 Å². The van der Waals surface area contributed by atoms with Crippen molar-refractivity contribution in [3.8, 4) is 17.2 Å². The summed E-state index contributed by atoms with van der Waals surface area (Å²) in [6, 6.07) is 82.6. The van der Waals surface area contributed by atoms with E-state index in [1.54, 1.807) is 239 Å². The van der Waals surface area contributed by atoms with Crippen molar-refractivity contribution in [1.82, 2.24) is 0 Å². The summed E-state index contributed by atoms with van der Waals surface area (Å²) >= 11 is 0. The molecule has 0 atom stereocenters. The second kappa shape index (κ2) is 37.4. The van der Waals surface area contributed by atoms with Crippen LogP contribution in [0.2, 0.25) is 0 Å². The fourth-order valence-corrected chi connectivity index (χ4v) is 22.4. The maximum Gasteiger partial charge on any atom is 0.343 e. The maximum atomic E-state index is 15.6. The molecular formula is C105H93O18P3. The molecule has 0 N–H and O–H groups in total. The van der Waals surface area contributed by atoms with E-state index in [-0.39, 0.29) is 67.3 Å². The van der Waals surface area contributed by atoms with E-state index in [1.807, 2.05) is 62.3 Å². The zero-order chi connectivity index (χ0) is 90.2. The molecule has 0 spiro atoms. The smallest absolute Gasteiger partial charge is 0.343 e. The fourth-order valence-electron chi connectivity index (χ4n) is 14.7. The molecule has 21 heteroatoms. The molecule has 0 aliphatic carbocycles. The molecule has 13 rings (SSSR count). The van der Waals surface area contributed by atoms with Crippen molar-refractivity contribution in [2.75, 3.05) is 0 Å². The lowest BCUT2D eigenvalue weighted by Gasteiger charge is -2.27. The van der Waals surface area contributed by atoms with Gasteiger partial charge in [-0.3, -0.25) is 14.4 Å². The van der Waals surface area contributed by atoms with Crippen molar-refractivity contribution >= 4 is 106 Å². The lowest BCUT2D eigenvalue weighted by Crippen LogP contribution is -2.25. The van der Waals surface area contributed by atoms with Gasteiger partial charge in [0, 0.05) is 48.5 Å². The van der Waals surface area contributed by atoms with Crippen LogP contribution in [0.4, 0.5) is 0 Å². The van der Waals surface area contributed by atoms with E-state index in [4.69, 9.17) is 28.4 Å². The van der Waals surface area contributed by atoms with Crippen LogP contribution in [0.1, 0.15) is 206 Å². The molecule has 0 saturated carbocycles. The first-order valence-corrected chi connectivity index (χ1v) is 45.9. The Morgan fingerprint density at radius 2 is 0.429 bits per heavy atom. The minimum absolute atomic E-state index is 0.0110. The van der Waals surface area contributed by atoms with Crippen LogP contribution in [0.25, 0.3) is 0 Å². The summed E-state index contributed by atoms with van der Waals surface area (Å²) in [5, 5.41) is 1.81. The Kier molecular flexibility index (Phi) is 26.8. The van der Waals surface area contributed by atoms with E-state index in [2.05, 4.69) is 0 Å². The summed E-state index contributed by atoms with van der Waals surface area (Å²) in [7, 11) is -12.3. The highest BCUT2D eigenvalue weighted by Gasteiger charge is 2.45. The molecule has 126 heavy (non-hydrogen) atoms. The number of ether oxygens (including phenoxy) is 6. The summed E-state index contributed by atoms with van der Waals surface area (Å²) in [5.41, 5.74) is -0.949. The molecule has 0 aliphatic rings. The minimum atomic E-state index is -4.10. The van der Waals surface area contributed by atoms with Crippen molar-refractivity contribution in [2.24, 2.45) is 0 Å². The van der Waals surface area contributed by atoms with Gasteiger partial charge in [-0.05, 0) is 125 Å². The lowest BCUT2D eigenvalue weighted by molar-refractivity contribution is 0.0463. The van der Waals surface area contributed by atoms with Crippen LogP contribution in [0.5, 0.6) is 17.2 Å². The van der Waals surface area contributed by atoms with Crippen molar-refractivity contribution in [2.45, 2.75) is 119 Å². The average Bonchev–Trinajstić information content (AvgIpc) is 0.751. The molecular weight excluding hydrogens is 1640 g/mol. The summed E-state index contributed by atoms with van der Waals surface area (Å²) in [5.74, 6) is -5.67. The lowest BCUT2D eigenvalue weighted by atomic mass is 9.84. The normalized spacial score (nSPS) is 11.8. The number of hydrogen-bond acceptors (Lipinski definition) is 18. The van der Waals surface area contributed by atoms with Crippen LogP contribution in [0.3, 0.4) is 0 Å². The number of benzene rings is 13. The molecule has 0 saturated heterocycles. The number of rotatable bonds is 27. The van der Waals surface area contributed by atoms with Gasteiger partial charge in [-0.2, -0.15) is 0 Å². The van der Waals surface area contributed by atoms with Gasteiger partial charge in [-0.1, -0.05) is 317 Å². The topological polar surface area (TPSA) is 260 Å². The molecule has 0 unspecified atom stereocenters. The van der Waals surface area contributed by atoms with Crippen LogP contribution in [-0.2, 0) is 64.0 Å². The van der Waals surface area contributed by atoms with Crippen LogP contribution in [-0.4, -0.2) is 52.4 Å². The highest BCUT2D eigenvalue weighted by Crippen LogP contribution is 2.54. The van der Waals surface area contributed by atoms with Crippen LogP contribution in [0.15, 0.2) is 309 Å². The van der Waals surface area contributed by atoms with E-state index in [0.29, 0.717) is 81.9 Å². The number of carbonyl (C=O) groups excluding carboxylic acids is 9. The zero-order valence-corrected chi connectivity index (χ0v) is 74.4. The van der Waals surface area contributed by atoms with E-state index in [0.717, 1.165) is 0 Å². The molecule has 0 heterocycles. The predicted octanol–water partition coefficient (Wildman–Crippen LogP) is 20.7. The zero-order valence-electron chi connectivity index (χ0n) is 71.8. The van der Waals surface area contributed by atoms with Gasteiger partial charge in [0.25, 0.3) is 0 Å². The third kappa shape index (κ3) is 19.2. The minimum Gasteiger partial charge on any atom is -0.457 e. The standard InChI is InChI=1S/C105H93O18P3/c1-67-43-58-85(103(4,5)6)91(88(67)100(112)124(115,79-31-19-13-20-32-79)80-33-21-14-22-34-80)121-97(109)73-52-46-70(47-53-73)64-118-94(106)76-61-77(95(107)119-65-71-48-54-74(55-49-71)98(110)122-92-86(104(7,8)9)59-44-68(2)89(92)101(113)125(116,81-35-23-15-24-36-81)82-37-25-16-26-38-82)63-78(62-76)96(108)120-66-72-50-56-75(57-51-72)99(111)123-93-87(105(10,11)12)60-45-69(3)90(93)102(114)126(117,83-39-27-17-28-40-83)84-41-29-18-30-42-84/h13-63H,64-66H2,1-12H3. The fraction of sp³-hybridized carbons (Fsp3) is 0.171. The molecule has 13 aromatic carbocycles. The van der Waals surface area contributed by atoms with Crippen LogP contribution < -0.4 is 46.0 Å². The van der Waals surface area contributed by atoms with E-state index >= 15 is 28.1 Å². The molecule has 13 aromatic rings. The van der Waals surface area contributed by atoms with E-state index in [1.165, 1.54) is 91.0 Å². The van der Waals surface area contributed by atoms with Gasteiger partial charge >= 0.3 is 35.8 Å². The molecule has 18 nitrogen and oxygen atoms in total. The Morgan fingerprint density at radius 1 is 0.238 bits per heavy atom. The van der Waals surface area contributed by atoms with Gasteiger partial charge < -0.3 is 42.1 Å². The van der Waals surface area contributed by atoms with Gasteiger partial charge in [0.15, 0.2) is 0 Å². The Hall–Kier alpha value is -13.6. The Balaban J connectivity index is 0.749. The Labute approximate surface area is 732 Å². The first kappa shape index (κ1) is 90.1. The highest BCUT2D eigenvalue weighted by atomic mass is 31.2. The number of carbonyl (C=O) groups is 9. The molecule has 0 fully saturated rings. The molecule has 636 valence electrons. The third-order valence-electron chi connectivity index (χ3n) is 21.6. The quantitative estimate of drug-likeness (QED) is 0.0200. The number of hydrogen-bond donors (Lipinski definition) is 0. The molecule has 0 aromatic heterocycles. The summed E-state index contributed by atoms with van der Waals surface area (Å²) in [4.78, 5) is 132. The summed E-state index contributed by atoms with van der Waals surface area (Å²) in [6.07, 6.45) is 0. The molecule has 0 amide bonds. The van der Waals surface area contributed by atoms with E-state index < -0.39 is 110 Å². The van der Waals surface area contributed by atoms with E-state index in [9.17, 15) is 28.8 Å². The molecule has 0 radical (unpaired) electrons. The van der Waals surface area contributed by atoms with Crippen molar-refractivity contribution in [3.63, 3.8) is 0 Å². The second-order valence-corrected chi connectivity index (χ2v) is 41.7. The van der Waals surface area contributed by atoms with Gasteiger partial charge in [-0.25, -0.2) is 28.8 Å². The Morgan fingerprint density at radius 3 is 0.611 bits per heavy atom. The SMILES string of the molecule is Cc1ccc(C(C)(C)C)c(OC(=O)c2ccc(COC(=O)c3cc(C(=O)OCc4ccc(C(=O)Oc5c(C(C)(C)C)ccc(C)c5C(=O)P(=O)(c5ccccc5)c5ccccc5)cc4)cc(C(=O)OCc4ccc(C(=O)Oc5c(C(C)(C)C)ccc(C)c5C(=O)P(=O)(c5ccccc5)c5ccccc5)cc4)c3)cc2)c1C(=O)P(=O)(c1ccccc1)c1ccccc1. The van der Waals surface area contributed by atoms with Gasteiger partial charge in [0.1, 0.15) is 37.1 Å². The van der Waals surface area contributed by atoms with Gasteiger partial charge in [-0.15, -0.1) is 0 Å². The van der Waals surface area contributed by atoms with Crippen molar-refractivity contribution in [3.05, 3.63) is 410 Å². The predicted molar refractivity (Wildman–Crippen MR) is 490 cm³/mol. The molecule has 0 bridgehead atoms. The van der Waals surface area contributed by atoms with Crippen LogP contribution >= 0.6 is 21.4 Å². The first-order valence-electron chi connectivity index (χ1n) is 40.8. The largest absolute Gasteiger partial charge is 0.457 e. The van der Waals surface area contributed by atoms with Crippen molar-refractivity contribution < 1.29 is 85.3 Å². The maximum absolute atomic E-state index is 15.6. The summed E-state index contributed by atoms with van der Waals surface area (Å²) in [6.45, 7) is 21.0. The van der Waals surface area contributed by atoms with Gasteiger partial charge in [0.05, 0.1) is 50.1 Å². The first-order chi connectivity index (χ1) is 60.0. The average molecular weight is 1740 g/mol. The second-order valence-electron chi connectivity index (χ2n) is 33.7. The Bertz CT molecular complexity index is 5740.